The molecule has 0 spiro atoms. The fourth-order valence-corrected chi connectivity index (χ4v) is 3.80. The first-order valence-corrected chi connectivity index (χ1v) is 9.58. The van der Waals surface area contributed by atoms with Crippen LogP contribution in [0.3, 0.4) is 0 Å². The van der Waals surface area contributed by atoms with E-state index in [4.69, 9.17) is 0 Å². The Hall–Kier alpha value is -2.57. The van der Waals surface area contributed by atoms with Crippen LogP contribution in [0, 0.1) is 11.3 Å². The maximum absolute atomic E-state index is 12.4. The third-order valence-electron chi connectivity index (χ3n) is 5.63. The van der Waals surface area contributed by atoms with Gasteiger partial charge in [-0.05, 0) is 44.4 Å². The average Bonchev–Trinajstić information content (AvgIpc) is 3.07. The SMILES string of the molecule is CC1(C(=O)O)CCN(C(=O)Nc2cccc(NC(=O)C3CCCCC3)c2)C1. The standard InChI is InChI=1S/C20H27N3O4/c1-20(18(25)26)10-11-23(13-20)19(27)22-16-9-5-8-15(12-16)21-17(24)14-6-3-2-4-7-14/h5,8-9,12,14H,2-4,6-7,10-11,13H2,1H3,(H,21,24)(H,22,27)(H,25,26). The minimum absolute atomic E-state index is 0.0370. The molecule has 2 aliphatic rings. The first-order chi connectivity index (χ1) is 12.9. The van der Waals surface area contributed by atoms with Gasteiger partial charge in [0.25, 0.3) is 0 Å². The van der Waals surface area contributed by atoms with Crippen LogP contribution in [0.25, 0.3) is 0 Å². The molecule has 1 saturated carbocycles. The number of rotatable bonds is 4. The van der Waals surface area contributed by atoms with Crippen molar-refractivity contribution in [1.29, 1.82) is 0 Å². The average molecular weight is 373 g/mol. The van der Waals surface area contributed by atoms with Crippen molar-refractivity contribution in [3.8, 4) is 0 Å². The second kappa shape index (κ2) is 7.98. The van der Waals surface area contributed by atoms with Crippen LogP contribution in [0.1, 0.15) is 45.4 Å². The van der Waals surface area contributed by atoms with Gasteiger partial charge < -0.3 is 20.6 Å². The Bertz CT molecular complexity index is 730. The number of aliphatic carboxylic acids is 1. The van der Waals surface area contributed by atoms with E-state index in [1.165, 1.54) is 11.3 Å². The Morgan fingerprint density at radius 2 is 1.78 bits per heavy atom. The molecule has 146 valence electrons. The zero-order valence-electron chi connectivity index (χ0n) is 15.7. The molecule has 1 unspecified atom stereocenters. The summed E-state index contributed by atoms with van der Waals surface area (Å²) < 4.78 is 0. The van der Waals surface area contributed by atoms with E-state index >= 15 is 0 Å². The summed E-state index contributed by atoms with van der Waals surface area (Å²) >= 11 is 0. The molecule has 1 saturated heterocycles. The van der Waals surface area contributed by atoms with Crippen molar-refractivity contribution in [1.82, 2.24) is 4.90 Å². The molecule has 7 nitrogen and oxygen atoms in total. The van der Waals surface area contributed by atoms with Gasteiger partial charge in [-0.15, -0.1) is 0 Å². The number of hydrogen-bond donors (Lipinski definition) is 3. The summed E-state index contributed by atoms with van der Waals surface area (Å²) in [7, 11) is 0. The highest BCUT2D eigenvalue weighted by Gasteiger charge is 2.42. The van der Waals surface area contributed by atoms with Gasteiger partial charge in [0.05, 0.1) is 5.41 Å². The largest absolute Gasteiger partial charge is 0.481 e. The Morgan fingerprint density at radius 1 is 1.11 bits per heavy atom. The number of nitrogens with zero attached hydrogens (tertiary/aromatic N) is 1. The topological polar surface area (TPSA) is 98.7 Å². The molecule has 1 aromatic rings. The third kappa shape index (κ3) is 4.59. The summed E-state index contributed by atoms with van der Waals surface area (Å²) in [5, 5.41) is 15.0. The summed E-state index contributed by atoms with van der Waals surface area (Å²) in [6.45, 7) is 2.25. The van der Waals surface area contributed by atoms with Crippen LogP contribution in [0.15, 0.2) is 24.3 Å². The summed E-state index contributed by atoms with van der Waals surface area (Å²) in [6.07, 6.45) is 5.69. The van der Waals surface area contributed by atoms with E-state index in [0.717, 1.165) is 25.7 Å². The van der Waals surface area contributed by atoms with E-state index in [1.54, 1.807) is 31.2 Å². The van der Waals surface area contributed by atoms with Gasteiger partial charge in [0.15, 0.2) is 0 Å². The van der Waals surface area contributed by atoms with Crippen LogP contribution in [0.2, 0.25) is 0 Å². The lowest BCUT2D eigenvalue weighted by atomic mass is 9.88. The number of carbonyl (C=O) groups is 3. The number of carbonyl (C=O) groups excluding carboxylic acids is 2. The first-order valence-electron chi connectivity index (χ1n) is 9.58. The summed E-state index contributed by atoms with van der Waals surface area (Å²) in [5.74, 6) is -0.782. The predicted molar refractivity (Wildman–Crippen MR) is 103 cm³/mol. The Kier molecular flexibility index (Phi) is 5.68. The molecular weight excluding hydrogens is 346 g/mol. The molecule has 2 fully saturated rings. The van der Waals surface area contributed by atoms with Crippen LogP contribution in [0.4, 0.5) is 16.2 Å². The molecule has 3 N–H and O–H groups in total. The number of benzene rings is 1. The second-order valence-corrected chi connectivity index (χ2v) is 7.87. The summed E-state index contributed by atoms with van der Waals surface area (Å²) in [6, 6.07) is 6.73. The van der Waals surface area contributed by atoms with Crippen molar-refractivity contribution in [3.05, 3.63) is 24.3 Å². The van der Waals surface area contributed by atoms with Gasteiger partial charge in [0.1, 0.15) is 0 Å². The molecular formula is C20H27N3O4. The van der Waals surface area contributed by atoms with Crippen molar-refractivity contribution in [2.45, 2.75) is 45.4 Å². The van der Waals surface area contributed by atoms with Crippen LogP contribution in [0.5, 0.6) is 0 Å². The molecule has 0 radical (unpaired) electrons. The van der Waals surface area contributed by atoms with Gasteiger partial charge in [-0.2, -0.15) is 0 Å². The van der Waals surface area contributed by atoms with Gasteiger partial charge in [0.2, 0.25) is 5.91 Å². The molecule has 27 heavy (non-hydrogen) atoms. The van der Waals surface area contributed by atoms with Crippen LogP contribution in [-0.4, -0.2) is 41.0 Å². The van der Waals surface area contributed by atoms with Gasteiger partial charge >= 0.3 is 12.0 Å². The quantitative estimate of drug-likeness (QED) is 0.752. The molecule has 0 bridgehead atoms. The van der Waals surface area contributed by atoms with E-state index in [0.29, 0.717) is 24.3 Å². The summed E-state index contributed by atoms with van der Waals surface area (Å²) in [5.41, 5.74) is 0.332. The molecule has 1 heterocycles. The molecule has 1 aliphatic heterocycles. The number of carboxylic acids is 1. The lowest BCUT2D eigenvalue weighted by molar-refractivity contribution is -0.147. The van der Waals surface area contributed by atoms with Gasteiger partial charge in [0, 0.05) is 30.4 Å². The number of amides is 3. The van der Waals surface area contributed by atoms with Crippen molar-refractivity contribution in [3.63, 3.8) is 0 Å². The molecule has 3 rings (SSSR count). The summed E-state index contributed by atoms with van der Waals surface area (Å²) in [4.78, 5) is 37.7. The maximum Gasteiger partial charge on any atom is 0.321 e. The molecule has 3 amide bonds. The van der Waals surface area contributed by atoms with Gasteiger partial charge in [-0.25, -0.2) is 4.79 Å². The Labute approximate surface area is 159 Å². The van der Waals surface area contributed by atoms with E-state index in [1.807, 2.05) is 0 Å². The highest BCUT2D eigenvalue weighted by Crippen LogP contribution is 2.30. The van der Waals surface area contributed by atoms with Crippen molar-refractivity contribution in [2.24, 2.45) is 11.3 Å². The van der Waals surface area contributed by atoms with E-state index in [2.05, 4.69) is 10.6 Å². The number of urea groups is 1. The molecule has 1 aliphatic carbocycles. The minimum Gasteiger partial charge on any atom is -0.481 e. The van der Waals surface area contributed by atoms with Crippen LogP contribution >= 0.6 is 0 Å². The number of nitrogens with one attached hydrogen (secondary N) is 2. The lowest BCUT2D eigenvalue weighted by Crippen LogP contribution is -2.37. The van der Waals surface area contributed by atoms with Gasteiger partial charge in [-0.3, -0.25) is 9.59 Å². The van der Waals surface area contributed by atoms with E-state index < -0.39 is 11.4 Å². The Balaban J connectivity index is 1.58. The van der Waals surface area contributed by atoms with Crippen molar-refractivity contribution in [2.75, 3.05) is 23.7 Å². The third-order valence-corrected chi connectivity index (χ3v) is 5.63. The Morgan fingerprint density at radius 3 is 2.41 bits per heavy atom. The highest BCUT2D eigenvalue weighted by atomic mass is 16.4. The van der Waals surface area contributed by atoms with E-state index in [-0.39, 0.29) is 24.4 Å². The molecule has 1 aromatic carbocycles. The zero-order chi connectivity index (χ0) is 19.4. The predicted octanol–water partition coefficient (Wildman–Crippen LogP) is 3.53. The maximum atomic E-state index is 12.4. The fourth-order valence-electron chi connectivity index (χ4n) is 3.80. The fraction of sp³-hybridized carbons (Fsp3) is 0.550. The first kappa shape index (κ1) is 19.2. The normalized spacial score (nSPS) is 23.1. The lowest BCUT2D eigenvalue weighted by Gasteiger charge is -2.21. The minimum atomic E-state index is -0.896. The number of likely N-dealkylation sites (tertiary alicyclic amines) is 1. The highest BCUT2D eigenvalue weighted by molar-refractivity contribution is 5.95. The molecule has 1 atom stereocenters. The number of carboxylic acid groups (broad SMARTS) is 1. The van der Waals surface area contributed by atoms with Crippen molar-refractivity contribution < 1.29 is 19.5 Å². The van der Waals surface area contributed by atoms with Crippen LogP contribution in [-0.2, 0) is 9.59 Å². The number of anilines is 2. The van der Waals surface area contributed by atoms with Crippen LogP contribution < -0.4 is 10.6 Å². The smallest absolute Gasteiger partial charge is 0.321 e. The zero-order valence-corrected chi connectivity index (χ0v) is 15.7. The number of hydrogen-bond acceptors (Lipinski definition) is 3. The molecule has 0 aromatic heterocycles. The monoisotopic (exact) mass is 373 g/mol. The van der Waals surface area contributed by atoms with E-state index in [9.17, 15) is 19.5 Å². The molecule has 7 heteroatoms. The van der Waals surface area contributed by atoms with Crippen molar-refractivity contribution >= 4 is 29.3 Å². The van der Waals surface area contributed by atoms with Gasteiger partial charge in [-0.1, -0.05) is 25.3 Å². The second-order valence-electron chi connectivity index (χ2n) is 7.87.